The van der Waals surface area contributed by atoms with Crippen LogP contribution < -0.4 is 21.5 Å². The summed E-state index contributed by atoms with van der Waals surface area (Å²) in [7, 11) is 0. The number of hydrogen-bond donors (Lipinski definition) is 2. The summed E-state index contributed by atoms with van der Waals surface area (Å²) in [5.74, 6) is -0.489. The van der Waals surface area contributed by atoms with Crippen molar-refractivity contribution >= 4 is 23.2 Å². The summed E-state index contributed by atoms with van der Waals surface area (Å²) in [4.78, 5) is 36.3. The van der Waals surface area contributed by atoms with E-state index in [0.29, 0.717) is 42.1 Å². The van der Waals surface area contributed by atoms with Crippen LogP contribution in [0.5, 0.6) is 0 Å². The van der Waals surface area contributed by atoms with E-state index in [-0.39, 0.29) is 17.4 Å². The molecular weight excluding hydrogens is 447 g/mol. The highest BCUT2D eigenvalue weighted by Crippen LogP contribution is 2.24. The molecule has 0 spiro atoms. The summed E-state index contributed by atoms with van der Waals surface area (Å²) in [6, 6.07) is 14.2. The Morgan fingerprint density at radius 1 is 1.09 bits per heavy atom. The molecule has 0 unspecified atom stereocenters. The fourth-order valence-electron chi connectivity index (χ4n) is 4.24. The molecule has 1 aliphatic rings. The maximum absolute atomic E-state index is 13.5. The molecule has 3 N–H and O–H groups in total. The van der Waals surface area contributed by atoms with E-state index in [9.17, 15) is 14.0 Å². The minimum absolute atomic E-state index is 0.132. The highest BCUT2D eigenvalue weighted by atomic mass is 19.1. The Morgan fingerprint density at radius 2 is 1.83 bits per heavy atom. The average Bonchev–Trinajstić information content (AvgIpc) is 2.85. The highest BCUT2D eigenvalue weighted by molar-refractivity contribution is 6.04. The molecule has 2 aromatic heterocycles. The number of benzene rings is 2. The van der Waals surface area contributed by atoms with Crippen LogP contribution in [0.1, 0.15) is 27.2 Å². The average molecular weight is 471 g/mol. The summed E-state index contributed by atoms with van der Waals surface area (Å²) < 4.78 is 14.7. The van der Waals surface area contributed by atoms with Gasteiger partial charge in [0.05, 0.1) is 5.69 Å². The summed E-state index contributed by atoms with van der Waals surface area (Å²) in [5.41, 5.74) is 10.6. The molecule has 1 aliphatic heterocycles. The van der Waals surface area contributed by atoms with E-state index < -0.39 is 5.82 Å². The first kappa shape index (κ1) is 22.3. The molecule has 5 rings (SSSR count). The molecule has 9 heteroatoms. The van der Waals surface area contributed by atoms with Crippen molar-refractivity contribution in [1.29, 1.82) is 0 Å². The molecule has 4 aromatic rings. The van der Waals surface area contributed by atoms with E-state index in [2.05, 4.69) is 15.3 Å². The number of nitrogens with zero attached hydrogens (tertiary/aromatic N) is 4. The number of nitrogens with one attached hydrogen (secondary N) is 1. The Morgan fingerprint density at radius 3 is 2.57 bits per heavy atom. The van der Waals surface area contributed by atoms with Gasteiger partial charge in [0.15, 0.2) is 0 Å². The first-order chi connectivity index (χ1) is 16.9. The van der Waals surface area contributed by atoms with Gasteiger partial charge in [-0.3, -0.25) is 14.2 Å². The molecule has 0 saturated carbocycles. The number of halogens is 1. The van der Waals surface area contributed by atoms with Gasteiger partial charge in [-0.05, 0) is 67.1 Å². The number of carbonyl (C=O) groups excluding carboxylic acids is 1. The number of nitrogen functional groups attached to an aromatic ring is 1. The fraction of sp³-hybridized carbons (Fsp3) is 0.154. The van der Waals surface area contributed by atoms with Gasteiger partial charge in [0.1, 0.15) is 11.5 Å². The second-order valence-corrected chi connectivity index (χ2v) is 8.40. The molecule has 0 saturated heterocycles. The molecule has 0 radical (unpaired) electrons. The van der Waals surface area contributed by atoms with Crippen molar-refractivity contribution in [2.24, 2.45) is 0 Å². The number of carbonyl (C=O) groups is 1. The topological polar surface area (TPSA) is 106 Å². The summed E-state index contributed by atoms with van der Waals surface area (Å²) >= 11 is 0. The van der Waals surface area contributed by atoms with Gasteiger partial charge >= 0.3 is 0 Å². The molecule has 176 valence electrons. The van der Waals surface area contributed by atoms with Crippen molar-refractivity contribution in [3.8, 4) is 5.69 Å². The lowest BCUT2D eigenvalue weighted by molar-refractivity contribution is 0.102. The maximum Gasteiger partial charge on any atom is 0.278 e. The second-order valence-electron chi connectivity index (χ2n) is 8.40. The third-order valence-corrected chi connectivity index (χ3v) is 6.05. The monoisotopic (exact) mass is 470 g/mol. The van der Waals surface area contributed by atoms with Crippen molar-refractivity contribution in [3.05, 3.63) is 106 Å². The summed E-state index contributed by atoms with van der Waals surface area (Å²) in [5, 5.41) is 2.78. The molecule has 0 aliphatic carbocycles. The van der Waals surface area contributed by atoms with Crippen LogP contribution in [0.15, 0.2) is 71.8 Å². The van der Waals surface area contributed by atoms with Gasteiger partial charge in [-0.2, -0.15) is 0 Å². The smallest absolute Gasteiger partial charge is 0.278 e. The maximum atomic E-state index is 13.5. The zero-order valence-corrected chi connectivity index (χ0v) is 19.0. The zero-order chi connectivity index (χ0) is 24.5. The lowest BCUT2D eigenvalue weighted by Gasteiger charge is -2.30. The van der Waals surface area contributed by atoms with Gasteiger partial charge < -0.3 is 16.0 Å². The first-order valence-corrected chi connectivity index (χ1v) is 11.1. The highest BCUT2D eigenvalue weighted by Gasteiger charge is 2.23. The number of aryl methyl sites for hydroxylation is 1. The lowest BCUT2D eigenvalue weighted by Crippen LogP contribution is -2.37. The number of fused-ring (bicyclic) bond motifs is 1. The largest absolute Gasteiger partial charge is 0.368 e. The number of amides is 1. The number of hydrogen-bond acceptors (Lipinski definition) is 6. The molecule has 35 heavy (non-hydrogen) atoms. The van der Waals surface area contributed by atoms with Crippen LogP contribution in [0.4, 0.5) is 21.7 Å². The number of pyridine rings is 1. The zero-order valence-electron chi connectivity index (χ0n) is 19.0. The molecule has 2 aromatic carbocycles. The summed E-state index contributed by atoms with van der Waals surface area (Å²) in [6.07, 6.45) is 4.15. The standard InChI is InChI=1S/C26H23FN6O2/c1-16-10-13-33(25(35)23(16)32-12-11-22-18(15-32)14-29-26(28)31-22)21-8-6-20(7-9-21)30-24(34)17-2-4-19(27)5-3-17/h2-10,13-14H,11-12,15H2,1H3,(H,30,34)(H2,28,29,31). The van der Waals surface area contributed by atoms with Gasteiger partial charge in [-0.25, -0.2) is 14.4 Å². The Balaban J connectivity index is 1.38. The normalized spacial score (nSPS) is 12.8. The Kier molecular flexibility index (Phi) is 5.74. The van der Waals surface area contributed by atoms with Crippen molar-refractivity contribution in [2.75, 3.05) is 22.5 Å². The first-order valence-electron chi connectivity index (χ1n) is 11.1. The predicted molar refractivity (Wildman–Crippen MR) is 132 cm³/mol. The van der Waals surface area contributed by atoms with E-state index >= 15 is 0 Å². The van der Waals surface area contributed by atoms with Crippen LogP contribution in [0.2, 0.25) is 0 Å². The van der Waals surface area contributed by atoms with Crippen molar-refractivity contribution in [2.45, 2.75) is 19.9 Å². The molecule has 0 fully saturated rings. The number of aromatic nitrogens is 3. The van der Waals surface area contributed by atoms with Gasteiger partial charge in [0.25, 0.3) is 11.5 Å². The lowest BCUT2D eigenvalue weighted by atomic mass is 10.1. The Hall–Kier alpha value is -4.53. The molecule has 1 amide bonds. The van der Waals surface area contributed by atoms with Crippen LogP contribution in [0, 0.1) is 12.7 Å². The Bertz CT molecular complexity index is 1470. The fourth-order valence-corrected chi connectivity index (χ4v) is 4.24. The molecule has 3 heterocycles. The second kappa shape index (κ2) is 9.02. The SMILES string of the molecule is Cc1ccn(-c2ccc(NC(=O)c3ccc(F)cc3)cc2)c(=O)c1N1CCc2nc(N)ncc2C1. The van der Waals surface area contributed by atoms with E-state index in [1.165, 1.54) is 24.3 Å². The van der Waals surface area contributed by atoms with Crippen molar-refractivity contribution in [3.63, 3.8) is 0 Å². The third kappa shape index (κ3) is 4.48. The number of rotatable bonds is 4. The van der Waals surface area contributed by atoms with Gasteiger partial charge in [-0.1, -0.05) is 0 Å². The van der Waals surface area contributed by atoms with Crippen molar-refractivity contribution in [1.82, 2.24) is 14.5 Å². The van der Waals surface area contributed by atoms with Crippen LogP contribution in [0.25, 0.3) is 5.69 Å². The van der Waals surface area contributed by atoms with E-state index in [0.717, 1.165) is 16.8 Å². The van der Waals surface area contributed by atoms with Crippen LogP contribution in [-0.4, -0.2) is 27.0 Å². The van der Waals surface area contributed by atoms with Gasteiger partial charge in [0.2, 0.25) is 5.95 Å². The van der Waals surface area contributed by atoms with Crippen LogP contribution in [0.3, 0.4) is 0 Å². The molecule has 0 atom stereocenters. The molecule has 8 nitrogen and oxygen atoms in total. The quantitative estimate of drug-likeness (QED) is 0.473. The third-order valence-electron chi connectivity index (χ3n) is 6.05. The van der Waals surface area contributed by atoms with Gasteiger partial charge in [-0.15, -0.1) is 0 Å². The van der Waals surface area contributed by atoms with Crippen molar-refractivity contribution < 1.29 is 9.18 Å². The molecule has 0 bridgehead atoms. The Labute approximate surface area is 200 Å². The van der Waals surface area contributed by atoms with E-state index in [4.69, 9.17) is 5.73 Å². The number of nitrogens with two attached hydrogens (primary N) is 1. The van der Waals surface area contributed by atoms with Crippen LogP contribution >= 0.6 is 0 Å². The van der Waals surface area contributed by atoms with Crippen LogP contribution in [-0.2, 0) is 13.0 Å². The molecular formula is C26H23FN6O2. The van der Waals surface area contributed by atoms with E-state index in [1.807, 2.05) is 17.9 Å². The van der Waals surface area contributed by atoms with E-state index in [1.54, 1.807) is 41.2 Å². The number of anilines is 3. The minimum atomic E-state index is -0.402. The van der Waals surface area contributed by atoms with Gasteiger partial charge in [0, 0.05) is 54.4 Å². The predicted octanol–water partition coefficient (Wildman–Crippen LogP) is 3.47. The minimum Gasteiger partial charge on any atom is -0.368 e. The summed E-state index contributed by atoms with van der Waals surface area (Å²) in [6.45, 7) is 3.10.